The van der Waals surface area contributed by atoms with Gasteiger partial charge >= 0.3 is 0 Å². The molecule has 1 saturated heterocycles. The van der Waals surface area contributed by atoms with Gasteiger partial charge < -0.3 is 9.47 Å². The Morgan fingerprint density at radius 1 is 1.12 bits per heavy atom. The van der Waals surface area contributed by atoms with Crippen LogP contribution in [-0.2, 0) is 14.3 Å². The second kappa shape index (κ2) is 4.11. The monoisotopic (exact) mass is 224 g/mol. The summed E-state index contributed by atoms with van der Waals surface area (Å²) in [6, 6.07) is 0. The molecule has 3 nitrogen and oxygen atoms in total. The zero-order valence-electron chi connectivity index (χ0n) is 9.74. The molecule has 3 rings (SSSR count). The smallest absolute Gasteiger partial charge is 0.171 e. The summed E-state index contributed by atoms with van der Waals surface area (Å²) >= 11 is 0. The largest absolute Gasteiger partial charge is 0.347 e. The molecule has 1 aliphatic heterocycles. The van der Waals surface area contributed by atoms with Gasteiger partial charge in [0.25, 0.3) is 0 Å². The third kappa shape index (κ3) is 1.70. The fraction of sp³-hybridized carbons (Fsp3) is 0.923. The summed E-state index contributed by atoms with van der Waals surface area (Å²) in [5, 5.41) is 0. The van der Waals surface area contributed by atoms with Crippen LogP contribution >= 0.6 is 0 Å². The molecule has 3 fully saturated rings. The SMILES string of the molecule is O=C1CC[C@H]2[C@H](CCCCC23OCCO3)C1. The molecule has 0 aromatic heterocycles. The first kappa shape index (κ1) is 10.7. The number of fused-ring (bicyclic) bond motifs is 2. The molecular formula is C13H20O3. The Labute approximate surface area is 96.5 Å². The van der Waals surface area contributed by atoms with Crippen molar-refractivity contribution in [2.75, 3.05) is 13.2 Å². The van der Waals surface area contributed by atoms with Crippen LogP contribution < -0.4 is 0 Å². The number of carbonyl (C=O) groups is 1. The van der Waals surface area contributed by atoms with Gasteiger partial charge in [0, 0.05) is 25.2 Å². The normalized spacial score (nSPS) is 38.4. The van der Waals surface area contributed by atoms with Crippen molar-refractivity contribution in [3.8, 4) is 0 Å². The summed E-state index contributed by atoms with van der Waals surface area (Å²) in [7, 11) is 0. The first-order chi connectivity index (χ1) is 7.80. The zero-order valence-corrected chi connectivity index (χ0v) is 9.74. The van der Waals surface area contributed by atoms with Crippen molar-refractivity contribution in [2.24, 2.45) is 11.8 Å². The minimum Gasteiger partial charge on any atom is -0.347 e. The molecule has 16 heavy (non-hydrogen) atoms. The summed E-state index contributed by atoms with van der Waals surface area (Å²) in [4.78, 5) is 11.6. The van der Waals surface area contributed by atoms with E-state index in [1.54, 1.807) is 0 Å². The van der Waals surface area contributed by atoms with Gasteiger partial charge in [-0.15, -0.1) is 0 Å². The second-order valence-corrected chi connectivity index (χ2v) is 5.40. The summed E-state index contributed by atoms with van der Waals surface area (Å²) in [5.41, 5.74) is 0. The maximum Gasteiger partial charge on any atom is 0.171 e. The van der Waals surface area contributed by atoms with Crippen LogP contribution in [0.25, 0.3) is 0 Å². The number of ketones is 1. The van der Waals surface area contributed by atoms with Crippen molar-refractivity contribution in [1.82, 2.24) is 0 Å². The summed E-state index contributed by atoms with van der Waals surface area (Å²) < 4.78 is 11.9. The van der Waals surface area contributed by atoms with Gasteiger partial charge in [-0.05, 0) is 25.2 Å². The van der Waals surface area contributed by atoms with Gasteiger partial charge in [0.1, 0.15) is 5.78 Å². The van der Waals surface area contributed by atoms with E-state index in [-0.39, 0.29) is 5.79 Å². The average Bonchev–Trinajstić information content (AvgIpc) is 2.66. The molecule has 0 radical (unpaired) electrons. The van der Waals surface area contributed by atoms with Crippen molar-refractivity contribution < 1.29 is 14.3 Å². The molecule has 0 unspecified atom stereocenters. The molecule has 3 aliphatic rings. The Kier molecular flexibility index (Phi) is 2.76. The lowest BCUT2D eigenvalue weighted by Crippen LogP contribution is -2.44. The number of rotatable bonds is 0. The van der Waals surface area contributed by atoms with Crippen LogP contribution in [0.3, 0.4) is 0 Å². The van der Waals surface area contributed by atoms with Gasteiger partial charge in [-0.3, -0.25) is 4.79 Å². The fourth-order valence-corrected chi connectivity index (χ4v) is 3.76. The van der Waals surface area contributed by atoms with Crippen molar-refractivity contribution in [2.45, 2.75) is 50.7 Å². The molecule has 0 aromatic carbocycles. The van der Waals surface area contributed by atoms with E-state index in [1.165, 1.54) is 19.3 Å². The van der Waals surface area contributed by atoms with Crippen molar-refractivity contribution >= 4 is 5.78 Å². The lowest BCUT2D eigenvalue weighted by atomic mass is 9.73. The van der Waals surface area contributed by atoms with Gasteiger partial charge in [-0.1, -0.05) is 6.42 Å². The predicted molar refractivity (Wildman–Crippen MR) is 58.9 cm³/mol. The van der Waals surface area contributed by atoms with Crippen LogP contribution in [0.1, 0.15) is 44.9 Å². The third-order valence-electron chi connectivity index (χ3n) is 4.48. The van der Waals surface area contributed by atoms with Crippen molar-refractivity contribution in [1.29, 1.82) is 0 Å². The Morgan fingerprint density at radius 2 is 1.94 bits per heavy atom. The molecule has 0 aromatic rings. The van der Waals surface area contributed by atoms with Crippen LogP contribution in [0.4, 0.5) is 0 Å². The molecule has 3 heteroatoms. The van der Waals surface area contributed by atoms with Crippen molar-refractivity contribution in [3.05, 3.63) is 0 Å². The van der Waals surface area contributed by atoms with Crippen LogP contribution in [0, 0.1) is 11.8 Å². The van der Waals surface area contributed by atoms with E-state index in [0.717, 1.165) is 38.9 Å². The molecule has 1 heterocycles. The van der Waals surface area contributed by atoms with Gasteiger partial charge in [0.15, 0.2) is 5.79 Å². The van der Waals surface area contributed by atoms with Gasteiger partial charge in [0.05, 0.1) is 13.2 Å². The molecule has 1 spiro atoms. The third-order valence-corrected chi connectivity index (χ3v) is 4.48. The minimum atomic E-state index is -0.318. The van der Waals surface area contributed by atoms with E-state index in [9.17, 15) is 4.79 Å². The Balaban J connectivity index is 1.85. The maximum absolute atomic E-state index is 11.6. The number of hydrogen-bond acceptors (Lipinski definition) is 3. The molecule has 2 saturated carbocycles. The molecule has 90 valence electrons. The van der Waals surface area contributed by atoms with Crippen molar-refractivity contribution in [3.63, 3.8) is 0 Å². The average molecular weight is 224 g/mol. The molecule has 0 amide bonds. The van der Waals surface area contributed by atoms with Gasteiger partial charge in [-0.2, -0.15) is 0 Å². The van der Waals surface area contributed by atoms with E-state index in [0.29, 0.717) is 17.6 Å². The minimum absolute atomic E-state index is 0.318. The molecule has 2 atom stereocenters. The van der Waals surface area contributed by atoms with E-state index in [4.69, 9.17) is 9.47 Å². The first-order valence-corrected chi connectivity index (χ1v) is 6.60. The highest BCUT2D eigenvalue weighted by molar-refractivity contribution is 5.79. The fourth-order valence-electron chi connectivity index (χ4n) is 3.76. The number of Topliss-reactive ketones (excluding diaryl/α,β-unsaturated/α-hetero) is 1. The van der Waals surface area contributed by atoms with E-state index >= 15 is 0 Å². The van der Waals surface area contributed by atoms with Gasteiger partial charge in [0.2, 0.25) is 0 Å². The topological polar surface area (TPSA) is 35.5 Å². The summed E-state index contributed by atoms with van der Waals surface area (Å²) in [5.74, 6) is 1.11. The van der Waals surface area contributed by atoms with Crippen LogP contribution in [0.5, 0.6) is 0 Å². The summed E-state index contributed by atoms with van der Waals surface area (Å²) in [6.45, 7) is 1.47. The highest BCUT2D eigenvalue weighted by atomic mass is 16.7. The number of ether oxygens (including phenoxy) is 2. The highest BCUT2D eigenvalue weighted by Crippen LogP contribution is 2.47. The lowest BCUT2D eigenvalue weighted by molar-refractivity contribution is -0.213. The predicted octanol–water partition coefficient (Wildman–Crippen LogP) is 2.29. The van der Waals surface area contributed by atoms with Crippen LogP contribution in [-0.4, -0.2) is 24.8 Å². The molecule has 2 aliphatic carbocycles. The van der Waals surface area contributed by atoms with E-state index in [1.807, 2.05) is 0 Å². The highest BCUT2D eigenvalue weighted by Gasteiger charge is 2.50. The zero-order chi connectivity index (χ0) is 11.0. The standard InChI is InChI=1S/C13H20O3/c14-11-4-5-12-10(9-11)3-1-2-6-13(12)15-7-8-16-13/h10,12H,1-9H2/t10-,12+/m1/s1. The van der Waals surface area contributed by atoms with E-state index in [2.05, 4.69) is 0 Å². The Hall–Kier alpha value is -0.410. The summed E-state index contributed by atoms with van der Waals surface area (Å²) in [6.07, 6.45) is 7.09. The Bertz CT molecular complexity index is 281. The van der Waals surface area contributed by atoms with Crippen LogP contribution in [0.15, 0.2) is 0 Å². The maximum atomic E-state index is 11.6. The quantitative estimate of drug-likeness (QED) is 0.633. The first-order valence-electron chi connectivity index (χ1n) is 6.60. The Morgan fingerprint density at radius 3 is 2.75 bits per heavy atom. The van der Waals surface area contributed by atoms with E-state index < -0.39 is 0 Å². The second-order valence-electron chi connectivity index (χ2n) is 5.40. The number of carbonyl (C=O) groups excluding carboxylic acids is 1. The molecule has 0 N–H and O–H groups in total. The van der Waals surface area contributed by atoms with Gasteiger partial charge in [-0.25, -0.2) is 0 Å². The van der Waals surface area contributed by atoms with Crippen LogP contribution in [0.2, 0.25) is 0 Å². The molecular weight excluding hydrogens is 204 g/mol. The lowest BCUT2D eigenvalue weighted by Gasteiger charge is -2.40. The number of hydrogen-bond donors (Lipinski definition) is 0. The molecule has 0 bridgehead atoms.